The van der Waals surface area contributed by atoms with Gasteiger partial charge in [-0.25, -0.2) is 0 Å². The Balaban J connectivity index is 1.75. The van der Waals surface area contributed by atoms with E-state index in [4.69, 9.17) is 5.73 Å². The lowest BCUT2D eigenvalue weighted by molar-refractivity contribution is -0.176. The van der Waals surface area contributed by atoms with Crippen molar-refractivity contribution >= 4 is 23.6 Å². The van der Waals surface area contributed by atoms with Gasteiger partial charge in [-0.1, -0.05) is 20.8 Å². The minimum atomic E-state index is -5.16. The molecule has 2 heterocycles. The number of piperidine rings is 1. The van der Waals surface area contributed by atoms with Gasteiger partial charge in [0.25, 0.3) is 0 Å². The van der Waals surface area contributed by atoms with E-state index in [2.05, 4.69) is 11.4 Å². The fourth-order valence-corrected chi connectivity index (χ4v) is 5.60. The smallest absolute Gasteiger partial charge is 0.368 e. The molecule has 3 aliphatic rings. The first-order valence-electron chi connectivity index (χ1n) is 11.8. The summed E-state index contributed by atoms with van der Waals surface area (Å²) in [6, 6.07) is -0.281. The number of halogens is 3. The van der Waals surface area contributed by atoms with Crippen LogP contribution < -0.4 is 16.4 Å². The Hall–Kier alpha value is -2.84. The van der Waals surface area contributed by atoms with E-state index >= 15 is 0 Å². The number of nitriles is 1. The normalized spacial score (nSPS) is 30.3. The van der Waals surface area contributed by atoms with Gasteiger partial charge in [0.05, 0.1) is 12.0 Å². The number of amides is 4. The Labute approximate surface area is 201 Å². The summed E-state index contributed by atoms with van der Waals surface area (Å²) in [4.78, 5) is 50.4. The van der Waals surface area contributed by atoms with Crippen molar-refractivity contribution in [1.82, 2.24) is 15.5 Å². The maximum absolute atomic E-state index is 13.3. The maximum Gasteiger partial charge on any atom is 0.471 e. The summed E-state index contributed by atoms with van der Waals surface area (Å²) in [5.74, 6) is -4.55. The average Bonchev–Trinajstić information content (AvgIpc) is 3.27. The van der Waals surface area contributed by atoms with E-state index in [1.807, 2.05) is 0 Å². The molecule has 0 aromatic heterocycles. The SMILES string of the molecule is CC(C)(C)[C@H](NC(=O)C(F)(F)F)C(=O)N1CCC2(CC1C(N)=O)CC2[C@@H](C#N)C[C@H]1CCNC1=O. The molecule has 2 saturated heterocycles. The zero-order valence-electron chi connectivity index (χ0n) is 20.1. The number of alkyl halides is 3. The Bertz CT molecular complexity index is 941. The lowest BCUT2D eigenvalue weighted by Gasteiger charge is -2.43. The summed E-state index contributed by atoms with van der Waals surface area (Å²) >= 11 is 0. The van der Waals surface area contributed by atoms with Crippen LogP contribution in [0.5, 0.6) is 0 Å². The van der Waals surface area contributed by atoms with Crippen LogP contribution in [-0.4, -0.2) is 59.9 Å². The first-order chi connectivity index (χ1) is 16.1. The predicted molar refractivity (Wildman–Crippen MR) is 117 cm³/mol. The quantitative estimate of drug-likeness (QED) is 0.503. The van der Waals surface area contributed by atoms with Crippen molar-refractivity contribution < 1.29 is 32.3 Å². The molecule has 9 nitrogen and oxygen atoms in total. The highest BCUT2D eigenvalue weighted by Crippen LogP contribution is 2.64. The summed E-state index contributed by atoms with van der Waals surface area (Å²) in [5, 5.41) is 14.3. The van der Waals surface area contributed by atoms with Crippen molar-refractivity contribution in [2.45, 2.75) is 71.1 Å². The van der Waals surface area contributed by atoms with Crippen molar-refractivity contribution in [1.29, 1.82) is 5.26 Å². The van der Waals surface area contributed by atoms with Crippen LogP contribution in [0.4, 0.5) is 13.2 Å². The molecule has 194 valence electrons. The van der Waals surface area contributed by atoms with E-state index in [1.165, 1.54) is 25.7 Å². The van der Waals surface area contributed by atoms with Crippen molar-refractivity contribution in [3.63, 3.8) is 0 Å². The Morgan fingerprint density at radius 3 is 2.43 bits per heavy atom. The van der Waals surface area contributed by atoms with E-state index < -0.39 is 46.8 Å². The van der Waals surface area contributed by atoms with Crippen LogP contribution in [0.25, 0.3) is 0 Å². The van der Waals surface area contributed by atoms with E-state index in [0.29, 0.717) is 32.2 Å². The van der Waals surface area contributed by atoms with Gasteiger partial charge in [0.2, 0.25) is 17.7 Å². The summed E-state index contributed by atoms with van der Waals surface area (Å²) in [6.45, 7) is 5.21. The molecule has 3 rings (SSSR count). The number of nitrogens with one attached hydrogen (secondary N) is 2. The number of carbonyl (C=O) groups is 4. The van der Waals surface area contributed by atoms with Crippen molar-refractivity contribution in [2.75, 3.05) is 13.1 Å². The number of nitrogens with zero attached hydrogens (tertiary/aromatic N) is 2. The number of carbonyl (C=O) groups excluding carboxylic acids is 4. The number of rotatable bonds is 6. The second-order valence-electron chi connectivity index (χ2n) is 11.1. The van der Waals surface area contributed by atoms with Crippen LogP contribution in [0.2, 0.25) is 0 Å². The van der Waals surface area contributed by atoms with Gasteiger partial charge in [-0.15, -0.1) is 0 Å². The van der Waals surface area contributed by atoms with E-state index in [9.17, 15) is 37.6 Å². The van der Waals surface area contributed by atoms with Crippen LogP contribution in [0.1, 0.15) is 52.9 Å². The lowest BCUT2D eigenvalue weighted by atomic mass is 9.79. The maximum atomic E-state index is 13.3. The molecule has 0 bridgehead atoms. The topological polar surface area (TPSA) is 145 Å². The average molecular weight is 500 g/mol. The largest absolute Gasteiger partial charge is 0.471 e. The highest BCUT2D eigenvalue weighted by Gasteiger charge is 2.61. The van der Waals surface area contributed by atoms with Crippen molar-refractivity contribution in [3.05, 3.63) is 0 Å². The molecule has 4 amide bonds. The van der Waals surface area contributed by atoms with Crippen LogP contribution in [0.3, 0.4) is 0 Å². The molecule has 0 aromatic rings. The zero-order valence-corrected chi connectivity index (χ0v) is 20.1. The van der Waals surface area contributed by atoms with E-state index in [-0.39, 0.29) is 36.6 Å². The minimum absolute atomic E-state index is 0.0525. The molecule has 3 fully saturated rings. The van der Waals surface area contributed by atoms with Crippen molar-refractivity contribution in [2.24, 2.45) is 34.3 Å². The molecule has 1 aliphatic carbocycles. The molecule has 12 heteroatoms. The van der Waals surface area contributed by atoms with Gasteiger partial charge in [-0.05, 0) is 48.9 Å². The highest BCUT2D eigenvalue weighted by atomic mass is 19.4. The van der Waals surface area contributed by atoms with Crippen LogP contribution in [-0.2, 0) is 19.2 Å². The molecular formula is C23H32F3N5O4. The van der Waals surface area contributed by atoms with Gasteiger partial charge in [0.1, 0.15) is 12.1 Å². The number of hydrogen-bond acceptors (Lipinski definition) is 5. The first-order valence-corrected chi connectivity index (χ1v) is 11.8. The number of primary amides is 1. The Morgan fingerprint density at radius 1 is 1.29 bits per heavy atom. The van der Waals surface area contributed by atoms with Crippen LogP contribution in [0.15, 0.2) is 0 Å². The zero-order chi connectivity index (χ0) is 26.3. The Kier molecular flexibility index (Phi) is 7.12. The van der Waals surface area contributed by atoms with Gasteiger partial charge in [-0.2, -0.15) is 18.4 Å². The standard InChI is InChI=1S/C23H32F3N5O4/c1-21(2,3)16(30-20(35)23(24,25)26)19(34)31-7-5-22(10-15(31)17(28)32)9-14(22)13(11-27)8-12-4-6-29-18(12)33/h12-16H,4-10H2,1-3H3,(H2,28,32)(H,29,33)(H,30,35)/t12-,13-,14?,15?,16-,22?/m1/s1. The summed E-state index contributed by atoms with van der Waals surface area (Å²) < 4.78 is 38.6. The summed E-state index contributed by atoms with van der Waals surface area (Å²) in [5.41, 5.74) is 4.16. The van der Waals surface area contributed by atoms with E-state index in [0.717, 1.165) is 0 Å². The molecule has 1 spiro atoms. The summed E-state index contributed by atoms with van der Waals surface area (Å²) in [7, 11) is 0. The van der Waals surface area contributed by atoms with Crippen molar-refractivity contribution in [3.8, 4) is 6.07 Å². The third kappa shape index (κ3) is 5.54. The molecule has 1 saturated carbocycles. The van der Waals surface area contributed by atoms with Gasteiger partial charge in [0, 0.05) is 19.0 Å². The minimum Gasteiger partial charge on any atom is -0.368 e. The molecule has 4 N–H and O–H groups in total. The fraction of sp³-hybridized carbons (Fsp3) is 0.783. The molecule has 2 aliphatic heterocycles. The third-order valence-corrected chi connectivity index (χ3v) is 7.69. The molecule has 6 atom stereocenters. The molecule has 0 aromatic carbocycles. The fourth-order valence-electron chi connectivity index (χ4n) is 5.60. The Morgan fingerprint density at radius 2 is 1.94 bits per heavy atom. The van der Waals surface area contributed by atoms with E-state index in [1.54, 1.807) is 5.32 Å². The second kappa shape index (κ2) is 9.32. The molecular weight excluding hydrogens is 467 g/mol. The van der Waals surface area contributed by atoms with Crippen LogP contribution in [0, 0.1) is 39.9 Å². The predicted octanol–water partition coefficient (Wildman–Crippen LogP) is 1.23. The number of nitrogens with two attached hydrogens (primary N) is 1. The molecule has 35 heavy (non-hydrogen) atoms. The number of likely N-dealkylation sites (tertiary alicyclic amines) is 1. The van der Waals surface area contributed by atoms with Gasteiger partial charge in [-0.3, -0.25) is 19.2 Å². The van der Waals surface area contributed by atoms with Crippen LogP contribution >= 0.6 is 0 Å². The number of hydrogen-bond donors (Lipinski definition) is 3. The van der Waals surface area contributed by atoms with Gasteiger partial charge in [0.15, 0.2) is 0 Å². The molecule has 3 unspecified atom stereocenters. The third-order valence-electron chi connectivity index (χ3n) is 7.69. The lowest BCUT2D eigenvalue weighted by Crippen LogP contribution is -2.62. The summed E-state index contributed by atoms with van der Waals surface area (Å²) in [6.07, 6.45) is -2.78. The van der Waals surface area contributed by atoms with Gasteiger partial charge < -0.3 is 21.3 Å². The monoisotopic (exact) mass is 499 g/mol. The van der Waals surface area contributed by atoms with Gasteiger partial charge >= 0.3 is 12.1 Å². The first kappa shape index (κ1) is 26.8. The molecule has 0 radical (unpaired) electrons. The second-order valence-corrected chi connectivity index (χ2v) is 11.1. The highest BCUT2D eigenvalue weighted by molar-refractivity contribution is 5.93.